The summed E-state index contributed by atoms with van der Waals surface area (Å²) in [5.41, 5.74) is 3.88. The maximum absolute atomic E-state index is 3.76. The highest BCUT2D eigenvalue weighted by atomic mass is 15.0. The van der Waals surface area contributed by atoms with Gasteiger partial charge in [-0.2, -0.15) is 0 Å². The summed E-state index contributed by atoms with van der Waals surface area (Å²) in [4.78, 5) is 0. The lowest BCUT2D eigenvalue weighted by Crippen LogP contribution is -2.31. The summed E-state index contributed by atoms with van der Waals surface area (Å²) in [6, 6.07) is 9.85. The van der Waals surface area contributed by atoms with Crippen LogP contribution in [0.4, 0.5) is 0 Å². The lowest BCUT2D eigenvalue weighted by molar-refractivity contribution is 0.151. The first-order valence-electron chi connectivity index (χ1n) is 6.74. The minimum absolute atomic E-state index is 0.599. The molecule has 1 nitrogen and oxygen atoms in total. The van der Waals surface area contributed by atoms with E-state index in [0.717, 1.165) is 5.92 Å². The molecule has 1 aromatic carbocycles. The largest absolute Gasteiger partial charge is 0.309 e. The van der Waals surface area contributed by atoms with Gasteiger partial charge in [-0.3, -0.25) is 0 Å². The SMILES string of the molecule is c1ccc2c(c1)[C@@H]1CCCC[C@@]13CCN[C@@H]23. The maximum atomic E-state index is 3.76. The molecule has 3 aliphatic rings. The normalized spacial score (nSPS) is 40.2. The molecule has 0 radical (unpaired) electrons. The molecule has 1 spiro atoms. The summed E-state index contributed by atoms with van der Waals surface area (Å²) in [6.07, 6.45) is 7.16. The van der Waals surface area contributed by atoms with Crippen molar-refractivity contribution < 1.29 is 0 Å². The van der Waals surface area contributed by atoms with Gasteiger partial charge in [-0.05, 0) is 48.3 Å². The third-order valence-corrected chi connectivity index (χ3v) is 5.28. The number of rotatable bonds is 0. The molecule has 1 aliphatic heterocycles. The summed E-state index contributed by atoms with van der Waals surface area (Å²) in [5, 5.41) is 3.76. The van der Waals surface area contributed by atoms with Gasteiger partial charge in [0.2, 0.25) is 0 Å². The van der Waals surface area contributed by atoms with E-state index in [0.29, 0.717) is 11.5 Å². The fourth-order valence-corrected chi connectivity index (χ4v) is 4.68. The Balaban J connectivity index is 1.91. The van der Waals surface area contributed by atoms with Crippen molar-refractivity contribution in [2.75, 3.05) is 6.54 Å². The average Bonchev–Trinajstić information content (AvgIpc) is 2.83. The lowest BCUT2D eigenvalue weighted by atomic mass is 9.65. The molecule has 84 valence electrons. The Morgan fingerprint density at radius 1 is 1.06 bits per heavy atom. The van der Waals surface area contributed by atoms with Gasteiger partial charge in [0.1, 0.15) is 0 Å². The minimum atomic E-state index is 0.599. The van der Waals surface area contributed by atoms with Gasteiger partial charge in [0.25, 0.3) is 0 Å². The molecule has 1 heterocycles. The Bertz CT molecular complexity index is 410. The number of fused-ring (bicyclic) bond motifs is 3. The van der Waals surface area contributed by atoms with Crippen LogP contribution in [0.2, 0.25) is 0 Å². The molecular formula is C15H19N. The van der Waals surface area contributed by atoms with Gasteiger partial charge in [0.05, 0.1) is 0 Å². The summed E-state index contributed by atoms with van der Waals surface area (Å²) >= 11 is 0. The van der Waals surface area contributed by atoms with Crippen molar-refractivity contribution in [3.05, 3.63) is 35.4 Å². The van der Waals surface area contributed by atoms with Crippen molar-refractivity contribution in [3.63, 3.8) is 0 Å². The Morgan fingerprint density at radius 2 is 1.94 bits per heavy atom. The Morgan fingerprint density at radius 3 is 2.88 bits per heavy atom. The van der Waals surface area contributed by atoms with Crippen LogP contribution in [0.3, 0.4) is 0 Å². The van der Waals surface area contributed by atoms with Gasteiger partial charge in [-0.1, -0.05) is 37.1 Å². The molecule has 1 saturated carbocycles. The predicted molar refractivity (Wildman–Crippen MR) is 65.4 cm³/mol. The molecule has 0 bridgehead atoms. The van der Waals surface area contributed by atoms with E-state index >= 15 is 0 Å². The molecule has 0 unspecified atom stereocenters. The lowest BCUT2D eigenvalue weighted by Gasteiger charge is -2.39. The first-order chi connectivity index (χ1) is 7.92. The van der Waals surface area contributed by atoms with Gasteiger partial charge in [-0.25, -0.2) is 0 Å². The highest BCUT2D eigenvalue weighted by Crippen LogP contribution is 2.64. The predicted octanol–water partition coefficient (Wildman–Crippen LogP) is 3.38. The number of benzene rings is 1. The molecule has 0 amide bonds. The highest BCUT2D eigenvalue weighted by Gasteiger charge is 2.55. The smallest absolute Gasteiger partial charge is 0.0386 e. The second-order valence-electron chi connectivity index (χ2n) is 5.80. The fourth-order valence-electron chi connectivity index (χ4n) is 4.68. The molecule has 2 fully saturated rings. The number of hydrogen-bond donors (Lipinski definition) is 1. The summed E-state index contributed by atoms with van der Waals surface area (Å²) in [5.74, 6) is 0.859. The third kappa shape index (κ3) is 0.958. The molecule has 1 N–H and O–H groups in total. The van der Waals surface area contributed by atoms with Crippen LogP contribution in [-0.2, 0) is 0 Å². The Kier molecular flexibility index (Phi) is 1.79. The van der Waals surface area contributed by atoms with Crippen LogP contribution in [0.25, 0.3) is 0 Å². The number of nitrogens with one attached hydrogen (secondary N) is 1. The van der Waals surface area contributed by atoms with Crippen molar-refractivity contribution in [1.82, 2.24) is 5.32 Å². The van der Waals surface area contributed by atoms with Crippen LogP contribution in [0.1, 0.15) is 55.2 Å². The summed E-state index contributed by atoms with van der Waals surface area (Å²) < 4.78 is 0. The molecule has 3 atom stereocenters. The summed E-state index contributed by atoms with van der Waals surface area (Å²) in [6.45, 7) is 1.23. The van der Waals surface area contributed by atoms with Crippen LogP contribution in [0.15, 0.2) is 24.3 Å². The Hall–Kier alpha value is -0.820. The second-order valence-corrected chi connectivity index (χ2v) is 5.80. The van der Waals surface area contributed by atoms with Crippen LogP contribution >= 0.6 is 0 Å². The van der Waals surface area contributed by atoms with E-state index in [4.69, 9.17) is 0 Å². The zero-order chi connectivity index (χ0) is 10.6. The quantitative estimate of drug-likeness (QED) is 0.696. The second kappa shape index (κ2) is 3.10. The van der Waals surface area contributed by atoms with E-state index in [1.807, 2.05) is 0 Å². The van der Waals surface area contributed by atoms with E-state index in [1.165, 1.54) is 38.6 Å². The van der Waals surface area contributed by atoms with E-state index in [-0.39, 0.29) is 0 Å². The molecule has 16 heavy (non-hydrogen) atoms. The molecule has 0 aromatic heterocycles. The first kappa shape index (κ1) is 9.23. The molecule has 2 aliphatic carbocycles. The van der Waals surface area contributed by atoms with Crippen molar-refractivity contribution in [2.45, 2.75) is 44.1 Å². The first-order valence-corrected chi connectivity index (χ1v) is 6.74. The van der Waals surface area contributed by atoms with Crippen LogP contribution in [0.5, 0.6) is 0 Å². The monoisotopic (exact) mass is 213 g/mol. The highest BCUT2D eigenvalue weighted by molar-refractivity contribution is 5.43. The average molecular weight is 213 g/mol. The van der Waals surface area contributed by atoms with E-state index in [2.05, 4.69) is 29.6 Å². The van der Waals surface area contributed by atoms with Gasteiger partial charge in [0.15, 0.2) is 0 Å². The van der Waals surface area contributed by atoms with Crippen molar-refractivity contribution >= 4 is 0 Å². The van der Waals surface area contributed by atoms with E-state index < -0.39 is 0 Å². The van der Waals surface area contributed by atoms with Crippen LogP contribution < -0.4 is 5.32 Å². The van der Waals surface area contributed by atoms with Gasteiger partial charge >= 0.3 is 0 Å². The van der Waals surface area contributed by atoms with Crippen molar-refractivity contribution in [2.24, 2.45) is 5.41 Å². The standard InChI is InChI=1S/C15H19N/c1-2-6-12-11(5-1)13-7-3-4-8-15(13)9-10-16-14(12)15/h1-2,5-6,13-14,16H,3-4,7-10H2/t13-,14-,15+/m0/s1. The molecule has 1 saturated heterocycles. The van der Waals surface area contributed by atoms with Crippen LogP contribution in [0, 0.1) is 5.41 Å². The zero-order valence-corrected chi connectivity index (χ0v) is 9.71. The fraction of sp³-hybridized carbons (Fsp3) is 0.600. The topological polar surface area (TPSA) is 12.0 Å². The molecular weight excluding hydrogens is 194 g/mol. The van der Waals surface area contributed by atoms with Gasteiger partial charge < -0.3 is 5.32 Å². The third-order valence-electron chi connectivity index (χ3n) is 5.28. The molecule has 4 rings (SSSR count). The summed E-state index contributed by atoms with van der Waals surface area (Å²) in [7, 11) is 0. The zero-order valence-electron chi connectivity index (χ0n) is 9.71. The van der Waals surface area contributed by atoms with E-state index in [1.54, 1.807) is 11.1 Å². The van der Waals surface area contributed by atoms with E-state index in [9.17, 15) is 0 Å². The minimum Gasteiger partial charge on any atom is -0.309 e. The van der Waals surface area contributed by atoms with Gasteiger partial charge in [-0.15, -0.1) is 0 Å². The van der Waals surface area contributed by atoms with Crippen LogP contribution in [-0.4, -0.2) is 6.54 Å². The van der Waals surface area contributed by atoms with Crippen molar-refractivity contribution in [3.8, 4) is 0 Å². The van der Waals surface area contributed by atoms with Crippen molar-refractivity contribution in [1.29, 1.82) is 0 Å². The molecule has 1 aromatic rings. The number of hydrogen-bond acceptors (Lipinski definition) is 1. The maximum Gasteiger partial charge on any atom is 0.0386 e. The molecule has 1 heteroatoms. The van der Waals surface area contributed by atoms with Gasteiger partial charge in [0, 0.05) is 6.04 Å². The Labute approximate surface area is 97.2 Å².